The Balaban J connectivity index is 1.80. The maximum atomic E-state index is 13.3. The molecule has 0 bridgehead atoms. The van der Waals surface area contributed by atoms with Gasteiger partial charge in [0.2, 0.25) is 0 Å². The molecule has 8 nitrogen and oxygen atoms in total. The van der Waals surface area contributed by atoms with Crippen molar-refractivity contribution in [3.05, 3.63) is 83.7 Å². The predicted octanol–water partition coefficient (Wildman–Crippen LogP) is 3.58. The Labute approximate surface area is 197 Å². The molecule has 0 atom stereocenters. The van der Waals surface area contributed by atoms with Crippen molar-refractivity contribution in [3.63, 3.8) is 0 Å². The number of nitrogens with zero attached hydrogens (tertiary/aromatic N) is 2. The highest BCUT2D eigenvalue weighted by atomic mass is 32.2. The molecule has 0 aromatic heterocycles. The minimum Gasteiger partial charge on any atom is -0.504 e. The van der Waals surface area contributed by atoms with Crippen molar-refractivity contribution >= 4 is 27.8 Å². The van der Waals surface area contributed by atoms with Crippen LogP contribution in [0, 0.1) is 12.7 Å². The van der Waals surface area contributed by atoms with E-state index >= 15 is 0 Å². The smallest absolute Gasteiger partial charge is 0.264 e. The number of aryl methyl sites for hydroxylation is 1. The standard InChI is InChI=1S/C24H24FN3O5S/c1-3-33-23-14-18(6-13-22(23)29)15-26-27-24(30)16-28(20-9-4-17(2)5-10-20)34(31,32)21-11-7-19(25)8-12-21/h4-15,29H,3,16H2,1-2H3,(H,27,30)/b26-15-. The van der Waals surface area contributed by atoms with Gasteiger partial charge >= 0.3 is 0 Å². The first-order valence-corrected chi connectivity index (χ1v) is 11.8. The van der Waals surface area contributed by atoms with Crippen LogP contribution in [0.2, 0.25) is 0 Å². The molecule has 0 saturated carbocycles. The van der Waals surface area contributed by atoms with E-state index in [4.69, 9.17) is 4.74 Å². The summed E-state index contributed by atoms with van der Waals surface area (Å²) in [5, 5.41) is 13.6. The number of hydrogen-bond acceptors (Lipinski definition) is 6. The van der Waals surface area contributed by atoms with Crippen LogP contribution in [0.1, 0.15) is 18.1 Å². The van der Waals surface area contributed by atoms with E-state index in [-0.39, 0.29) is 22.1 Å². The van der Waals surface area contributed by atoms with Crippen LogP contribution in [0.4, 0.5) is 10.1 Å². The molecule has 0 aliphatic carbocycles. The second kappa shape index (κ2) is 10.8. The van der Waals surface area contributed by atoms with Crippen LogP contribution in [0.5, 0.6) is 11.5 Å². The van der Waals surface area contributed by atoms with Gasteiger partial charge in [-0.05, 0) is 74.0 Å². The van der Waals surface area contributed by atoms with Gasteiger partial charge in [-0.2, -0.15) is 5.10 Å². The molecule has 0 radical (unpaired) electrons. The average molecular weight is 486 g/mol. The Morgan fingerprint density at radius 3 is 2.44 bits per heavy atom. The van der Waals surface area contributed by atoms with E-state index in [1.165, 1.54) is 12.3 Å². The van der Waals surface area contributed by atoms with Gasteiger partial charge in [0.1, 0.15) is 12.4 Å². The summed E-state index contributed by atoms with van der Waals surface area (Å²) >= 11 is 0. The number of phenols is 1. The number of sulfonamides is 1. The molecule has 3 aromatic carbocycles. The Kier molecular flexibility index (Phi) is 7.85. The molecule has 3 rings (SSSR count). The first-order valence-electron chi connectivity index (χ1n) is 10.3. The number of rotatable bonds is 9. The molecule has 3 aromatic rings. The maximum absolute atomic E-state index is 13.3. The minimum atomic E-state index is -4.16. The van der Waals surface area contributed by atoms with E-state index in [1.54, 1.807) is 43.3 Å². The summed E-state index contributed by atoms with van der Waals surface area (Å²) < 4.78 is 46.0. The van der Waals surface area contributed by atoms with Crippen molar-refractivity contribution < 1.29 is 27.4 Å². The fourth-order valence-corrected chi connectivity index (χ4v) is 4.41. The first-order chi connectivity index (χ1) is 16.2. The molecular weight excluding hydrogens is 461 g/mol. The van der Waals surface area contributed by atoms with Crippen LogP contribution in [0.3, 0.4) is 0 Å². The van der Waals surface area contributed by atoms with Crippen LogP contribution in [-0.4, -0.2) is 38.8 Å². The van der Waals surface area contributed by atoms with E-state index < -0.39 is 28.3 Å². The highest BCUT2D eigenvalue weighted by Crippen LogP contribution is 2.26. The Morgan fingerprint density at radius 1 is 1.12 bits per heavy atom. The van der Waals surface area contributed by atoms with E-state index in [0.29, 0.717) is 12.2 Å². The molecule has 0 aliphatic rings. The average Bonchev–Trinajstić information content (AvgIpc) is 2.80. The summed E-state index contributed by atoms with van der Waals surface area (Å²) in [6, 6.07) is 15.5. The van der Waals surface area contributed by atoms with Crippen molar-refractivity contribution in [2.75, 3.05) is 17.5 Å². The van der Waals surface area contributed by atoms with Crippen molar-refractivity contribution in [2.45, 2.75) is 18.7 Å². The number of hydrazone groups is 1. The Hall–Kier alpha value is -3.92. The predicted molar refractivity (Wildman–Crippen MR) is 127 cm³/mol. The normalized spacial score (nSPS) is 11.4. The fraction of sp³-hybridized carbons (Fsp3) is 0.167. The zero-order valence-corrected chi connectivity index (χ0v) is 19.4. The third-order valence-electron chi connectivity index (χ3n) is 4.70. The van der Waals surface area contributed by atoms with Gasteiger partial charge in [-0.3, -0.25) is 9.10 Å². The number of benzene rings is 3. The maximum Gasteiger partial charge on any atom is 0.264 e. The lowest BCUT2D eigenvalue weighted by atomic mass is 10.2. The SMILES string of the molecule is CCOc1cc(/C=N\NC(=O)CN(c2ccc(C)cc2)S(=O)(=O)c2ccc(F)cc2)ccc1O. The molecule has 10 heteroatoms. The summed E-state index contributed by atoms with van der Waals surface area (Å²) in [7, 11) is -4.16. The van der Waals surface area contributed by atoms with Crippen molar-refractivity contribution in [1.29, 1.82) is 0 Å². The van der Waals surface area contributed by atoms with Gasteiger partial charge < -0.3 is 9.84 Å². The Bertz CT molecular complexity index is 1280. The summed E-state index contributed by atoms with van der Waals surface area (Å²) in [6.45, 7) is 3.44. The minimum absolute atomic E-state index is 0.0252. The molecule has 0 saturated heterocycles. The van der Waals surface area contributed by atoms with Gasteiger partial charge in [0, 0.05) is 0 Å². The zero-order chi connectivity index (χ0) is 24.7. The van der Waals surface area contributed by atoms with E-state index in [0.717, 1.165) is 34.1 Å². The highest BCUT2D eigenvalue weighted by molar-refractivity contribution is 7.92. The first kappa shape index (κ1) is 24.7. The largest absolute Gasteiger partial charge is 0.504 e. The third kappa shape index (κ3) is 6.10. The molecule has 2 N–H and O–H groups in total. The van der Waals surface area contributed by atoms with Crippen molar-refractivity contribution in [1.82, 2.24) is 5.43 Å². The molecule has 0 aliphatic heterocycles. The van der Waals surface area contributed by atoms with E-state index in [1.807, 2.05) is 6.92 Å². The molecular formula is C24H24FN3O5S. The van der Waals surface area contributed by atoms with Crippen LogP contribution in [0.15, 0.2) is 76.7 Å². The third-order valence-corrected chi connectivity index (χ3v) is 6.49. The monoisotopic (exact) mass is 485 g/mol. The molecule has 34 heavy (non-hydrogen) atoms. The van der Waals surface area contributed by atoms with Gasteiger partial charge in [-0.1, -0.05) is 17.7 Å². The molecule has 0 spiro atoms. The summed E-state index contributed by atoms with van der Waals surface area (Å²) in [5.74, 6) is -1.02. The number of aromatic hydroxyl groups is 1. The second-order valence-corrected chi connectivity index (χ2v) is 9.12. The second-order valence-electron chi connectivity index (χ2n) is 7.25. The fourth-order valence-electron chi connectivity index (χ4n) is 2.99. The van der Waals surface area contributed by atoms with Gasteiger partial charge in [-0.25, -0.2) is 18.2 Å². The Morgan fingerprint density at radius 2 is 1.79 bits per heavy atom. The summed E-state index contributed by atoms with van der Waals surface area (Å²) in [5.41, 5.74) is 4.04. The van der Waals surface area contributed by atoms with Crippen molar-refractivity contribution in [2.24, 2.45) is 5.10 Å². The summed E-state index contributed by atoms with van der Waals surface area (Å²) in [6.07, 6.45) is 1.34. The lowest BCUT2D eigenvalue weighted by Crippen LogP contribution is -2.39. The van der Waals surface area contributed by atoms with Crippen LogP contribution in [-0.2, 0) is 14.8 Å². The van der Waals surface area contributed by atoms with Gasteiger partial charge in [0.25, 0.3) is 15.9 Å². The van der Waals surface area contributed by atoms with Gasteiger partial charge in [0.05, 0.1) is 23.4 Å². The number of carbonyl (C=O) groups excluding carboxylic acids is 1. The lowest BCUT2D eigenvalue weighted by Gasteiger charge is -2.23. The van der Waals surface area contributed by atoms with Crippen LogP contribution >= 0.6 is 0 Å². The quantitative estimate of drug-likeness (QED) is 0.356. The van der Waals surface area contributed by atoms with Gasteiger partial charge in [0.15, 0.2) is 11.5 Å². The van der Waals surface area contributed by atoms with Gasteiger partial charge in [-0.15, -0.1) is 0 Å². The van der Waals surface area contributed by atoms with Crippen molar-refractivity contribution in [3.8, 4) is 11.5 Å². The lowest BCUT2D eigenvalue weighted by molar-refractivity contribution is -0.119. The number of carbonyl (C=O) groups is 1. The molecule has 1 amide bonds. The molecule has 0 fully saturated rings. The number of ether oxygens (including phenoxy) is 1. The number of hydrogen-bond donors (Lipinski definition) is 2. The molecule has 0 heterocycles. The number of phenolic OH excluding ortho intramolecular Hbond substituents is 1. The topological polar surface area (TPSA) is 108 Å². The molecule has 0 unspecified atom stereocenters. The summed E-state index contributed by atoms with van der Waals surface area (Å²) in [4.78, 5) is 12.4. The number of amides is 1. The number of halogens is 1. The van der Waals surface area contributed by atoms with E-state index in [9.17, 15) is 22.7 Å². The number of anilines is 1. The van der Waals surface area contributed by atoms with Crippen LogP contribution < -0.4 is 14.5 Å². The zero-order valence-electron chi connectivity index (χ0n) is 18.6. The van der Waals surface area contributed by atoms with E-state index in [2.05, 4.69) is 10.5 Å². The molecule has 178 valence electrons. The van der Waals surface area contributed by atoms with Crippen LogP contribution in [0.25, 0.3) is 0 Å². The number of nitrogens with one attached hydrogen (secondary N) is 1. The highest BCUT2D eigenvalue weighted by Gasteiger charge is 2.27.